The molecule has 0 saturated carbocycles. The second kappa shape index (κ2) is 5.35. The molecule has 0 amide bonds. The Labute approximate surface area is 90.3 Å². The summed E-state index contributed by atoms with van der Waals surface area (Å²) >= 11 is 0. The summed E-state index contributed by atoms with van der Waals surface area (Å²) in [5.74, 6) is -0.906. The molecule has 0 aliphatic carbocycles. The molecule has 15 heavy (non-hydrogen) atoms. The van der Waals surface area contributed by atoms with E-state index in [2.05, 4.69) is 19.9 Å². The van der Waals surface area contributed by atoms with Gasteiger partial charge in [-0.1, -0.05) is 32.0 Å². The molecule has 2 nitrogen and oxygen atoms in total. The molecule has 80 valence electrons. The molecule has 0 aliphatic rings. The first-order valence-corrected chi connectivity index (χ1v) is 5.20. The smallest absolute Gasteiger partial charge is 0.328 e. The Morgan fingerprint density at radius 3 is 2.60 bits per heavy atom. The highest BCUT2D eigenvalue weighted by Gasteiger charge is 1.99. The molecule has 0 bridgehead atoms. The van der Waals surface area contributed by atoms with Gasteiger partial charge in [0.25, 0.3) is 0 Å². The van der Waals surface area contributed by atoms with Gasteiger partial charge in [-0.2, -0.15) is 0 Å². The minimum absolute atomic E-state index is 0.906. The van der Waals surface area contributed by atoms with E-state index in [1.165, 1.54) is 17.2 Å². The summed E-state index contributed by atoms with van der Waals surface area (Å²) < 4.78 is 0. The highest BCUT2D eigenvalue weighted by atomic mass is 16.4. The van der Waals surface area contributed by atoms with Crippen molar-refractivity contribution in [3.8, 4) is 0 Å². The predicted octanol–water partition coefficient (Wildman–Crippen LogP) is 2.91. The minimum atomic E-state index is -0.906. The van der Waals surface area contributed by atoms with Crippen LogP contribution >= 0.6 is 0 Å². The second-order valence-corrected chi connectivity index (χ2v) is 3.41. The van der Waals surface area contributed by atoms with Crippen LogP contribution in [0.4, 0.5) is 0 Å². The van der Waals surface area contributed by atoms with Crippen molar-refractivity contribution >= 4 is 12.0 Å². The third kappa shape index (κ3) is 3.24. The quantitative estimate of drug-likeness (QED) is 0.766. The van der Waals surface area contributed by atoms with Crippen LogP contribution in [0.5, 0.6) is 0 Å². The van der Waals surface area contributed by atoms with Crippen molar-refractivity contribution in [3.63, 3.8) is 0 Å². The fraction of sp³-hybridized carbons (Fsp3) is 0.308. The lowest BCUT2D eigenvalue weighted by molar-refractivity contribution is -0.131. The maximum atomic E-state index is 10.4. The van der Waals surface area contributed by atoms with Gasteiger partial charge in [0.05, 0.1) is 0 Å². The summed E-state index contributed by atoms with van der Waals surface area (Å²) in [6.45, 7) is 4.19. The number of carboxylic acids is 1. The number of carboxylic acid groups (broad SMARTS) is 1. The van der Waals surface area contributed by atoms with Gasteiger partial charge in [-0.15, -0.1) is 0 Å². The van der Waals surface area contributed by atoms with Crippen molar-refractivity contribution in [1.82, 2.24) is 0 Å². The van der Waals surface area contributed by atoms with Crippen molar-refractivity contribution in [3.05, 3.63) is 41.0 Å². The van der Waals surface area contributed by atoms with Gasteiger partial charge in [0.1, 0.15) is 0 Å². The number of aliphatic carboxylic acids is 1. The topological polar surface area (TPSA) is 37.3 Å². The fourth-order valence-electron chi connectivity index (χ4n) is 1.51. The number of hydrogen-bond donors (Lipinski definition) is 1. The highest BCUT2D eigenvalue weighted by molar-refractivity contribution is 5.85. The van der Waals surface area contributed by atoms with Gasteiger partial charge in [0, 0.05) is 6.08 Å². The molecule has 0 aliphatic heterocycles. The van der Waals surface area contributed by atoms with E-state index in [1.54, 1.807) is 6.08 Å². The minimum Gasteiger partial charge on any atom is -0.478 e. The van der Waals surface area contributed by atoms with Crippen LogP contribution in [0.3, 0.4) is 0 Å². The van der Waals surface area contributed by atoms with E-state index < -0.39 is 5.97 Å². The third-order valence-corrected chi connectivity index (χ3v) is 2.40. The molecule has 0 spiro atoms. The van der Waals surface area contributed by atoms with E-state index in [-0.39, 0.29) is 0 Å². The molecule has 0 saturated heterocycles. The van der Waals surface area contributed by atoms with Crippen LogP contribution in [-0.4, -0.2) is 11.1 Å². The summed E-state index contributed by atoms with van der Waals surface area (Å²) in [5, 5.41) is 8.55. The molecule has 0 aromatic heterocycles. The van der Waals surface area contributed by atoms with Gasteiger partial charge in [0.2, 0.25) is 0 Å². The molecule has 1 aromatic rings. The molecule has 0 radical (unpaired) electrons. The molecule has 0 heterocycles. The standard InChI is InChI=1S/C13H16O2/c1-3-10-5-6-12(7-8-13(14)15)11(4-2)9-10/h5-9H,3-4H2,1-2H3,(H,14,15). The van der Waals surface area contributed by atoms with Gasteiger partial charge in [-0.25, -0.2) is 4.79 Å². The lowest BCUT2D eigenvalue weighted by atomic mass is 10.0. The van der Waals surface area contributed by atoms with Crippen molar-refractivity contribution in [1.29, 1.82) is 0 Å². The van der Waals surface area contributed by atoms with Gasteiger partial charge in [0.15, 0.2) is 0 Å². The number of aryl methyl sites for hydroxylation is 2. The Kier molecular flexibility index (Phi) is 4.10. The highest BCUT2D eigenvalue weighted by Crippen LogP contribution is 2.15. The first-order valence-electron chi connectivity index (χ1n) is 5.20. The number of benzene rings is 1. The molecule has 2 heteroatoms. The lowest BCUT2D eigenvalue weighted by Gasteiger charge is -2.05. The Bertz CT molecular complexity index is 378. The summed E-state index contributed by atoms with van der Waals surface area (Å²) in [6, 6.07) is 6.17. The number of hydrogen-bond acceptors (Lipinski definition) is 1. The zero-order valence-corrected chi connectivity index (χ0v) is 9.16. The molecule has 0 fully saturated rings. The molecular weight excluding hydrogens is 188 g/mol. The average Bonchev–Trinajstić information content (AvgIpc) is 2.25. The molecule has 1 N–H and O–H groups in total. The van der Waals surface area contributed by atoms with Crippen LogP contribution in [0.25, 0.3) is 6.08 Å². The predicted molar refractivity (Wildman–Crippen MR) is 61.9 cm³/mol. The van der Waals surface area contributed by atoms with Gasteiger partial charge < -0.3 is 5.11 Å². The SMILES string of the molecule is CCc1ccc(C=CC(=O)O)c(CC)c1. The van der Waals surface area contributed by atoms with Crippen molar-refractivity contribution in [2.75, 3.05) is 0 Å². The van der Waals surface area contributed by atoms with Gasteiger partial charge in [-0.3, -0.25) is 0 Å². The monoisotopic (exact) mass is 204 g/mol. The lowest BCUT2D eigenvalue weighted by Crippen LogP contribution is -1.91. The van der Waals surface area contributed by atoms with Crippen LogP contribution in [-0.2, 0) is 17.6 Å². The third-order valence-electron chi connectivity index (χ3n) is 2.40. The van der Waals surface area contributed by atoms with Crippen LogP contribution in [0.2, 0.25) is 0 Å². The van der Waals surface area contributed by atoms with E-state index in [1.807, 2.05) is 12.1 Å². The van der Waals surface area contributed by atoms with Crippen LogP contribution in [0, 0.1) is 0 Å². The van der Waals surface area contributed by atoms with Crippen molar-refractivity contribution in [2.45, 2.75) is 26.7 Å². The largest absolute Gasteiger partial charge is 0.478 e. The summed E-state index contributed by atoms with van der Waals surface area (Å²) in [6.07, 6.45) is 4.77. The second-order valence-electron chi connectivity index (χ2n) is 3.41. The van der Waals surface area contributed by atoms with E-state index in [4.69, 9.17) is 5.11 Å². The maximum Gasteiger partial charge on any atom is 0.328 e. The van der Waals surface area contributed by atoms with Crippen LogP contribution in [0.15, 0.2) is 24.3 Å². The first kappa shape index (κ1) is 11.5. The van der Waals surface area contributed by atoms with E-state index in [0.717, 1.165) is 18.4 Å². The van der Waals surface area contributed by atoms with Gasteiger partial charge in [-0.05, 0) is 35.6 Å². The molecule has 1 aromatic carbocycles. The van der Waals surface area contributed by atoms with Crippen molar-refractivity contribution in [2.24, 2.45) is 0 Å². The Morgan fingerprint density at radius 1 is 1.33 bits per heavy atom. The molecule has 0 atom stereocenters. The van der Waals surface area contributed by atoms with Crippen LogP contribution < -0.4 is 0 Å². The number of carbonyl (C=O) groups is 1. The Hall–Kier alpha value is -1.57. The van der Waals surface area contributed by atoms with E-state index in [9.17, 15) is 4.79 Å². The van der Waals surface area contributed by atoms with E-state index >= 15 is 0 Å². The van der Waals surface area contributed by atoms with E-state index in [0.29, 0.717) is 0 Å². The summed E-state index contributed by atoms with van der Waals surface area (Å²) in [7, 11) is 0. The summed E-state index contributed by atoms with van der Waals surface area (Å²) in [5.41, 5.74) is 3.49. The normalized spacial score (nSPS) is 10.8. The molecular formula is C13H16O2. The molecule has 1 rings (SSSR count). The molecule has 0 unspecified atom stereocenters. The Morgan fingerprint density at radius 2 is 2.07 bits per heavy atom. The zero-order valence-electron chi connectivity index (χ0n) is 9.16. The average molecular weight is 204 g/mol. The first-order chi connectivity index (χ1) is 7.17. The van der Waals surface area contributed by atoms with Gasteiger partial charge >= 0.3 is 5.97 Å². The number of rotatable bonds is 4. The maximum absolute atomic E-state index is 10.4. The zero-order chi connectivity index (χ0) is 11.3. The summed E-state index contributed by atoms with van der Waals surface area (Å²) in [4.78, 5) is 10.4. The Balaban J connectivity index is 3.02. The fourth-order valence-corrected chi connectivity index (χ4v) is 1.51. The van der Waals surface area contributed by atoms with Crippen molar-refractivity contribution < 1.29 is 9.90 Å². The van der Waals surface area contributed by atoms with Crippen LogP contribution in [0.1, 0.15) is 30.5 Å².